The molecular formula is C17H20N2O. The van der Waals surface area contributed by atoms with Gasteiger partial charge in [-0.1, -0.05) is 37.6 Å². The van der Waals surface area contributed by atoms with E-state index in [0.717, 1.165) is 41.4 Å². The molecule has 1 amide bonds. The second kappa shape index (κ2) is 5.25. The van der Waals surface area contributed by atoms with Crippen LogP contribution in [0.5, 0.6) is 0 Å². The Morgan fingerprint density at radius 3 is 2.65 bits per heavy atom. The predicted molar refractivity (Wildman–Crippen MR) is 83.4 cm³/mol. The zero-order chi connectivity index (χ0) is 14.1. The molecule has 0 aliphatic carbocycles. The van der Waals surface area contributed by atoms with Crippen LogP contribution in [-0.4, -0.2) is 25.5 Å². The first-order chi connectivity index (χ1) is 9.76. The molecule has 2 aromatic carbocycles. The number of anilines is 1. The number of hydrogen-bond acceptors (Lipinski definition) is 2. The Bertz CT molecular complexity index is 645. The summed E-state index contributed by atoms with van der Waals surface area (Å²) in [6.07, 6.45) is 2.19. The van der Waals surface area contributed by atoms with Gasteiger partial charge in [0, 0.05) is 23.5 Å². The van der Waals surface area contributed by atoms with E-state index in [1.807, 2.05) is 30.1 Å². The van der Waals surface area contributed by atoms with E-state index in [-0.39, 0.29) is 5.91 Å². The number of likely N-dealkylation sites (N-methyl/N-ethyl adjacent to an activating group) is 1. The van der Waals surface area contributed by atoms with Gasteiger partial charge in [-0.3, -0.25) is 4.79 Å². The maximum absolute atomic E-state index is 12.6. The summed E-state index contributed by atoms with van der Waals surface area (Å²) in [4.78, 5) is 14.6. The third-order valence-electron chi connectivity index (χ3n) is 4.10. The lowest BCUT2D eigenvalue weighted by molar-refractivity contribution is 0.0990. The first-order valence-corrected chi connectivity index (χ1v) is 7.27. The van der Waals surface area contributed by atoms with Gasteiger partial charge in [-0.25, -0.2) is 0 Å². The van der Waals surface area contributed by atoms with Gasteiger partial charge >= 0.3 is 0 Å². The third-order valence-corrected chi connectivity index (χ3v) is 4.10. The molecule has 3 rings (SSSR count). The molecule has 1 unspecified atom stereocenters. The normalized spacial score (nSPS) is 15.1. The highest BCUT2D eigenvalue weighted by Gasteiger charge is 2.30. The second-order valence-electron chi connectivity index (χ2n) is 5.37. The molecule has 0 saturated heterocycles. The molecule has 2 aromatic rings. The Hall–Kier alpha value is -1.87. The second-order valence-corrected chi connectivity index (χ2v) is 5.37. The van der Waals surface area contributed by atoms with E-state index in [1.54, 1.807) is 0 Å². The number of hydrogen-bond donors (Lipinski definition) is 1. The van der Waals surface area contributed by atoms with Crippen LogP contribution in [0.1, 0.15) is 30.1 Å². The summed E-state index contributed by atoms with van der Waals surface area (Å²) >= 11 is 0. The van der Waals surface area contributed by atoms with E-state index in [4.69, 9.17) is 0 Å². The average molecular weight is 268 g/mol. The van der Waals surface area contributed by atoms with Crippen LogP contribution in [0.2, 0.25) is 0 Å². The fraction of sp³-hybridized carbons (Fsp3) is 0.353. The van der Waals surface area contributed by atoms with Crippen molar-refractivity contribution >= 4 is 22.4 Å². The average Bonchev–Trinajstić information content (AvgIpc) is 2.75. The highest BCUT2D eigenvalue weighted by atomic mass is 16.2. The summed E-state index contributed by atoms with van der Waals surface area (Å²) in [5.74, 6) is 0.133. The molecule has 1 atom stereocenters. The number of amides is 1. The van der Waals surface area contributed by atoms with Crippen molar-refractivity contribution in [2.75, 3.05) is 18.5 Å². The van der Waals surface area contributed by atoms with Gasteiger partial charge in [0.25, 0.3) is 5.91 Å². The van der Waals surface area contributed by atoms with Gasteiger partial charge in [0.15, 0.2) is 0 Å². The number of carbonyl (C=O) groups excluding carboxylic acids is 1. The molecule has 0 saturated carbocycles. The maximum Gasteiger partial charge on any atom is 0.259 e. The third kappa shape index (κ3) is 1.98. The summed E-state index contributed by atoms with van der Waals surface area (Å²) in [5.41, 5.74) is 1.89. The molecule has 1 aliphatic heterocycles. The monoisotopic (exact) mass is 268 g/mol. The Labute approximate surface area is 119 Å². The van der Waals surface area contributed by atoms with Crippen molar-refractivity contribution in [3.63, 3.8) is 0 Å². The van der Waals surface area contributed by atoms with Crippen molar-refractivity contribution in [2.24, 2.45) is 0 Å². The van der Waals surface area contributed by atoms with Crippen molar-refractivity contribution in [3.05, 3.63) is 42.0 Å². The summed E-state index contributed by atoms with van der Waals surface area (Å²) in [7, 11) is 1.97. The lowest BCUT2D eigenvalue weighted by atomic mass is 10.1. The molecule has 0 aromatic heterocycles. The number of nitrogens with one attached hydrogen (secondary N) is 1. The molecule has 0 radical (unpaired) electrons. The summed E-state index contributed by atoms with van der Waals surface area (Å²) in [6, 6.07) is 12.5. The summed E-state index contributed by atoms with van der Waals surface area (Å²) < 4.78 is 0. The van der Waals surface area contributed by atoms with Crippen LogP contribution in [0, 0.1) is 0 Å². The number of carbonyl (C=O) groups is 1. The van der Waals surface area contributed by atoms with E-state index in [0.29, 0.717) is 6.04 Å². The molecule has 1 aliphatic rings. The SMILES string of the molecule is CCCC(CN1C(=O)c2cccc3cccc1c23)NC. The Kier molecular flexibility index (Phi) is 3.45. The zero-order valence-electron chi connectivity index (χ0n) is 12.0. The molecular weight excluding hydrogens is 248 g/mol. The lowest BCUT2D eigenvalue weighted by Crippen LogP contribution is -2.41. The molecule has 20 heavy (non-hydrogen) atoms. The zero-order valence-corrected chi connectivity index (χ0v) is 12.0. The number of nitrogens with zero attached hydrogens (tertiary/aromatic N) is 1. The van der Waals surface area contributed by atoms with E-state index < -0.39 is 0 Å². The fourth-order valence-electron chi connectivity index (χ4n) is 3.06. The van der Waals surface area contributed by atoms with Gasteiger partial charge < -0.3 is 10.2 Å². The van der Waals surface area contributed by atoms with Crippen LogP contribution >= 0.6 is 0 Å². The largest absolute Gasteiger partial charge is 0.315 e. The van der Waals surface area contributed by atoms with Crippen LogP contribution in [0.25, 0.3) is 10.8 Å². The minimum Gasteiger partial charge on any atom is -0.315 e. The van der Waals surface area contributed by atoms with Crippen LogP contribution in [0.4, 0.5) is 5.69 Å². The highest BCUT2D eigenvalue weighted by molar-refractivity contribution is 6.25. The van der Waals surface area contributed by atoms with Crippen molar-refractivity contribution in [1.29, 1.82) is 0 Å². The lowest BCUT2D eigenvalue weighted by Gasteiger charge is -2.24. The van der Waals surface area contributed by atoms with Crippen molar-refractivity contribution in [3.8, 4) is 0 Å². The maximum atomic E-state index is 12.6. The molecule has 1 N–H and O–H groups in total. The smallest absolute Gasteiger partial charge is 0.259 e. The van der Waals surface area contributed by atoms with Crippen LogP contribution < -0.4 is 10.2 Å². The number of rotatable bonds is 5. The topological polar surface area (TPSA) is 32.3 Å². The molecule has 0 fully saturated rings. The van der Waals surface area contributed by atoms with Gasteiger partial charge in [0.05, 0.1) is 5.69 Å². The fourth-order valence-corrected chi connectivity index (χ4v) is 3.06. The van der Waals surface area contributed by atoms with Crippen molar-refractivity contribution in [1.82, 2.24) is 5.32 Å². The van der Waals surface area contributed by atoms with Crippen LogP contribution in [0.15, 0.2) is 36.4 Å². The Morgan fingerprint density at radius 2 is 1.95 bits per heavy atom. The first-order valence-electron chi connectivity index (χ1n) is 7.27. The van der Waals surface area contributed by atoms with Crippen molar-refractivity contribution in [2.45, 2.75) is 25.8 Å². The van der Waals surface area contributed by atoms with Crippen LogP contribution in [0.3, 0.4) is 0 Å². The Balaban J connectivity index is 2.00. The van der Waals surface area contributed by atoms with Gasteiger partial charge in [-0.15, -0.1) is 0 Å². The number of benzene rings is 2. The standard InChI is InChI=1S/C17H20N2O/c1-3-6-13(18-2)11-19-15-10-5-8-12-7-4-9-14(16(12)15)17(19)20/h4-5,7-10,13,18H,3,6,11H2,1-2H3. The molecule has 1 heterocycles. The Morgan fingerprint density at radius 1 is 1.20 bits per heavy atom. The van der Waals surface area contributed by atoms with E-state index in [9.17, 15) is 4.79 Å². The molecule has 104 valence electrons. The molecule has 3 nitrogen and oxygen atoms in total. The van der Waals surface area contributed by atoms with E-state index in [1.165, 1.54) is 0 Å². The minimum atomic E-state index is 0.133. The molecule has 0 spiro atoms. The van der Waals surface area contributed by atoms with E-state index in [2.05, 4.69) is 30.4 Å². The first kappa shape index (κ1) is 13.1. The summed E-state index contributed by atoms with van der Waals surface area (Å²) in [5, 5.41) is 5.56. The van der Waals surface area contributed by atoms with Crippen molar-refractivity contribution < 1.29 is 4.79 Å². The molecule has 3 heteroatoms. The van der Waals surface area contributed by atoms with Crippen LogP contribution in [-0.2, 0) is 0 Å². The van der Waals surface area contributed by atoms with Gasteiger partial charge in [0.2, 0.25) is 0 Å². The molecule has 0 bridgehead atoms. The van der Waals surface area contributed by atoms with Gasteiger partial charge in [-0.2, -0.15) is 0 Å². The predicted octanol–water partition coefficient (Wildman–Crippen LogP) is 3.19. The van der Waals surface area contributed by atoms with E-state index >= 15 is 0 Å². The van der Waals surface area contributed by atoms with Gasteiger partial charge in [-0.05, 0) is 31.0 Å². The summed E-state index contributed by atoms with van der Waals surface area (Å²) in [6.45, 7) is 2.91. The highest BCUT2D eigenvalue weighted by Crippen LogP contribution is 2.37. The van der Waals surface area contributed by atoms with Gasteiger partial charge in [0.1, 0.15) is 0 Å². The minimum absolute atomic E-state index is 0.133. The quantitative estimate of drug-likeness (QED) is 0.903.